The molecule has 0 bridgehead atoms. The standard InChI is InChI=1S/C40H81NO4/c1-3-5-7-9-11-13-15-17-18-19-20-21-23-25-27-29-31-33-35-39(44)41-37(36-42)40(45)38(43)34-32-30-28-26-24-22-16-14-12-10-8-6-4-2/h37-38,40,42-43,45H,3-36H2,1-2H3,(H,41,44). The van der Waals surface area contributed by atoms with Crippen LogP contribution in [0, 0.1) is 0 Å². The molecule has 3 unspecified atom stereocenters. The van der Waals surface area contributed by atoms with Crippen molar-refractivity contribution in [3.05, 3.63) is 0 Å². The van der Waals surface area contributed by atoms with Crippen LogP contribution >= 0.6 is 0 Å². The van der Waals surface area contributed by atoms with E-state index in [0.29, 0.717) is 12.8 Å². The maximum absolute atomic E-state index is 12.4. The Balaban J connectivity index is 3.60. The second kappa shape index (κ2) is 36.2. The van der Waals surface area contributed by atoms with E-state index in [0.717, 1.165) is 32.1 Å². The molecular weight excluding hydrogens is 558 g/mol. The Morgan fingerprint density at radius 2 is 0.756 bits per heavy atom. The highest BCUT2D eigenvalue weighted by Gasteiger charge is 2.26. The van der Waals surface area contributed by atoms with Gasteiger partial charge in [-0.05, 0) is 12.8 Å². The molecule has 5 nitrogen and oxygen atoms in total. The molecule has 3 atom stereocenters. The summed E-state index contributed by atoms with van der Waals surface area (Å²) in [6.07, 6.45) is 39.1. The SMILES string of the molecule is CCCCCCCCCCCCCCCCCCCCC(=O)NC(CO)C(O)C(O)CCCCCCCCCCCCCCC. The van der Waals surface area contributed by atoms with Gasteiger partial charge in [-0.25, -0.2) is 0 Å². The number of rotatable bonds is 37. The molecule has 0 radical (unpaired) electrons. The van der Waals surface area contributed by atoms with Crippen LogP contribution in [0.1, 0.15) is 226 Å². The van der Waals surface area contributed by atoms with Crippen molar-refractivity contribution in [1.29, 1.82) is 0 Å². The summed E-state index contributed by atoms with van der Waals surface area (Å²) in [6, 6.07) is -0.801. The summed E-state index contributed by atoms with van der Waals surface area (Å²) in [5.74, 6) is -0.141. The molecule has 0 aromatic rings. The van der Waals surface area contributed by atoms with Crippen LogP contribution in [0.25, 0.3) is 0 Å². The van der Waals surface area contributed by atoms with Gasteiger partial charge in [-0.3, -0.25) is 4.79 Å². The highest BCUT2D eigenvalue weighted by atomic mass is 16.3. The Morgan fingerprint density at radius 1 is 0.467 bits per heavy atom. The molecule has 0 fully saturated rings. The molecule has 0 aromatic carbocycles. The van der Waals surface area contributed by atoms with E-state index in [1.54, 1.807) is 0 Å². The average molecular weight is 640 g/mol. The number of unbranched alkanes of at least 4 members (excludes halogenated alkanes) is 29. The number of carbonyl (C=O) groups excluding carboxylic acids is 1. The molecule has 0 saturated heterocycles. The van der Waals surface area contributed by atoms with Gasteiger partial charge in [-0.2, -0.15) is 0 Å². The highest BCUT2D eigenvalue weighted by molar-refractivity contribution is 5.76. The topological polar surface area (TPSA) is 89.8 Å². The third kappa shape index (κ3) is 31.7. The van der Waals surface area contributed by atoms with Gasteiger partial charge in [0.1, 0.15) is 6.10 Å². The molecule has 0 spiro atoms. The van der Waals surface area contributed by atoms with E-state index in [4.69, 9.17) is 0 Å². The number of amides is 1. The predicted molar refractivity (Wildman–Crippen MR) is 195 cm³/mol. The zero-order valence-corrected chi connectivity index (χ0v) is 30.5. The summed E-state index contributed by atoms with van der Waals surface area (Å²) in [7, 11) is 0. The van der Waals surface area contributed by atoms with Gasteiger partial charge in [0.05, 0.1) is 18.8 Å². The van der Waals surface area contributed by atoms with E-state index in [9.17, 15) is 20.1 Å². The van der Waals surface area contributed by atoms with Crippen LogP contribution in [0.2, 0.25) is 0 Å². The number of carbonyl (C=O) groups is 1. The Hall–Kier alpha value is -0.650. The van der Waals surface area contributed by atoms with Crippen LogP contribution in [0.4, 0.5) is 0 Å². The molecule has 45 heavy (non-hydrogen) atoms. The third-order valence-corrected chi connectivity index (χ3v) is 9.71. The van der Waals surface area contributed by atoms with Gasteiger partial charge in [0.15, 0.2) is 0 Å². The monoisotopic (exact) mass is 640 g/mol. The molecule has 0 aliphatic carbocycles. The summed E-state index contributed by atoms with van der Waals surface area (Å²) >= 11 is 0. The Bertz CT molecular complexity index is 587. The predicted octanol–water partition coefficient (Wildman–Crippen LogP) is 11.1. The normalized spacial score (nSPS) is 13.6. The molecule has 0 aliphatic heterocycles. The molecule has 270 valence electrons. The number of aliphatic hydroxyl groups is 3. The molecule has 0 aromatic heterocycles. The summed E-state index contributed by atoms with van der Waals surface area (Å²) in [4.78, 5) is 12.4. The Labute approximate surface area is 281 Å². The lowest BCUT2D eigenvalue weighted by Gasteiger charge is -2.26. The van der Waals surface area contributed by atoms with Crippen LogP contribution in [-0.4, -0.2) is 46.1 Å². The zero-order chi connectivity index (χ0) is 33.1. The summed E-state index contributed by atoms with van der Waals surface area (Å²) in [5.41, 5.74) is 0. The molecule has 5 heteroatoms. The smallest absolute Gasteiger partial charge is 0.220 e. The van der Waals surface area contributed by atoms with Crippen LogP contribution in [-0.2, 0) is 4.79 Å². The largest absolute Gasteiger partial charge is 0.394 e. The van der Waals surface area contributed by atoms with Crippen LogP contribution in [0.3, 0.4) is 0 Å². The van der Waals surface area contributed by atoms with Gasteiger partial charge in [-0.1, -0.05) is 206 Å². The first-order valence-electron chi connectivity index (χ1n) is 20.3. The molecule has 0 aliphatic rings. The Kier molecular flexibility index (Phi) is 35.7. The minimum absolute atomic E-state index is 0.141. The van der Waals surface area contributed by atoms with Crippen molar-refractivity contribution < 1.29 is 20.1 Å². The van der Waals surface area contributed by atoms with E-state index >= 15 is 0 Å². The van der Waals surface area contributed by atoms with Crippen molar-refractivity contribution in [3.63, 3.8) is 0 Å². The minimum Gasteiger partial charge on any atom is -0.394 e. The number of nitrogens with one attached hydrogen (secondary N) is 1. The molecule has 4 N–H and O–H groups in total. The van der Waals surface area contributed by atoms with Crippen LogP contribution in [0.15, 0.2) is 0 Å². The number of hydrogen-bond acceptors (Lipinski definition) is 4. The second-order valence-corrected chi connectivity index (χ2v) is 14.2. The van der Waals surface area contributed by atoms with E-state index in [1.165, 1.54) is 167 Å². The van der Waals surface area contributed by atoms with E-state index in [2.05, 4.69) is 19.2 Å². The average Bonchev–Trinajstić information content (AvgIpc) is 3.04. The van der Waals surface area contributed by atoms with Crippen molar-refractivity contribution in [2.24, 2.45) is 0 Å². The number of aliphatic hydroxyl groups excluding tert-OH is 3. The minimum atomic E-state index is -1.13. The lowest BCUT2D eigenvalue weighted by atomic mass is 9.99. The van der Waals surface area contributed by atoms with Crippen molar-refractivity contribution in [3.8, 4) is 0 Å². The first-order chi connectivity index (χ1) is 22.1. The van der Waals surface area contributed by atoms with Crippen molar-refractivity contribution in [1.82, 2.24) is 5.32 Å². The second-order valence-electron chi connectivity index (χ2n) is 14.2. The van der Waals surface area contributed by atoms with E-state index in [-0.39, 0.29) is 12.5 Å². The summed E-state index contributed by atoms with van der Waals surface area (Å²) in [5, 5.41) is 33.4. The summed E-state index contributed by atoms with van der Waals surface area (Å²) in [6.45, 7) is 4.18. The Morgan fingerprint density at radius 3 is 1.07 bits per heavy atom. The maximum Gasteiger partial charge on any atom is 0.220 e. The van der Waals surface area contributed by atoms with Gasteiger partial charge in [0, 0.05) is 6.42 Å². The van der Waals surface area contributed by atoms with Gasteiger partial charge in [0.2, 0.25) is 5.91 Å². The fourth-order valence-electron chi connectivity index (χ4n) is 6.52. The molecular formula is C40H81NO4. The molecule has 0 heterocycles. The molecule has 0 rings (SSSR count). The third-order valence-electron chi connectivity index (χ3n) is 9.71. The number of hydrogen-bond donors (Lipinski definition) is 4. The van der Waals surface area contributed by atoms with Crippen LogP contribution < -0.4 is 5.32 Å². The summed E-state index contributed by atoms with van der Waals surface area (Å²) < 4.78 is 0. The molecule has 0 saturated carbocycles. The van der Waals surface area contributed by atoms with E-state index < -0.39 is 18.2 Å². The van der Waals surface area contributed by atoms with E-state index in [1.807, 2.05) is 0 Å². The first-order valence-corrected chi connectivity index (χ1v) is 20.3. The van der Waals surface area contributed by atoms with Crippen molar-refractivity contribution in [2.45, 2.75) is 244 Å². The van der Waals surface area contributed by atoms with Gasteiger partial charge in [0.25, 0.3) is 0 Å². The fourth-order valence-corrected chi connectivity index (χ4v) is 6.52. The van der Waals surface area contributed by atoms with Gasteiger partial charge in [-0.15, -0.1) is 0 Å². The fraction of sp³-hybridized carbons (Fsp3) is 0.975. The van der Waals surface area contributed by atoms with Gasteiger partial charge >= 0.3 is 0 Å². The zero-order valence-electron chi connectivity index (χ0n) is 30.5. The highest BCUT2D eigenvalue weighted by Crippen LogP contribution is 2.16. The lowest BCUT2D eigenvalue weighted by molar-refractivity contribution is -0.124. The lowest BCUT2D eigenvalue weighted by Crippen LogP contribution is -2.50. The van der Waals surface area contributed by atoms with Gasteiger partial charge < -0.3 is 20.6 Å². The quantitative estimate of drug-likeness (QED) is 0.0509. The first kappa shape index (κ1) is 44.4. The van der Waals surface area contributed by atoms with Crippen LogP contribution in [0.5, 0.6) is 0 Å². The molecule has 1 amide bonds. The van der Waals surface area contributed by atoms with Crippen molar-refractivity contribution >= 4 is 5.91 Å². The maximum atomic E-state index is 12.4. The van der Waals surface area contributed by atoms with Crippen molar-refractivity contribution in [2.75, 3.05) is 6.61 Å².